The standard InChI is InChI=1S/C27H32F3N5O2.C18H19F3N2O3.C13H13F3N2O.C9H15N3.C7H12O5S/c28-27(29,30)23-5-1-4-21-24(32-37-25(21)23)19-6-10-33(11-7-19)16-20-13-22(20)26(36)35-9-2-3-18(15-35)14-34-12-8-31-17-34;19-18(20,21)14-3-1-2-12-15(22-26-16(12)14)10-4-6-23(7-5-10)9-11-8-13(11)17(24)25;14-13(15,16)10-3-1-2-9-11(18-19-12(9)10)8-4-6-17-7-5-8;1-2-9(6-10-3-1)7-12-5-4-11-8-12;1-11-7(8)6-3-5(6)4-12-13(2,9)10/h1,4-5,8,12,17-20,22H,2-3,6-7,9-11,13-16H2;1-3,10-11,13H,4-9H2,(H,24,25);1-3,8,17H,4-7H2;4-5,8-10H,1-3,6-7H2;5-6H,3-4H2,1-2H3/t18-,20-,22+;11-,13+;;9-;5-,6?/m00.10/s1. The monoisotopic (exact) mass is 1530 g/mol. The van der Waals surface area contributed by atoms with E-state index in [0.717, 1.165) is 180 Å². The molecule has 3 saturated carbocycles. The number of aliphatic carboxylic acids is 1. The van der Waals surface area contributed by atoms with E-state index in [1.54, 1.807) is 24.4 Å². The first-order valence-corrected chi connectivity index (χ1v) is 38.6. The maximum atomic E-state index is 13.3. The van der Waals surface area contributed by atoms with E-state index < -0.39 is 51.3 Å². The number of piperidine rings is 5. The lowest BCUT2D eigenvalue weighted by Crippen LogP contribution is -2.42. The number of methoxy groups -OCH3 is 1. The van der Waals surface area contributed by atoms with Gasteiger partial charge < -0.3 is 57.9 Å². The van der Waals surface area contributed by atoms with Crippen molar-refractivity contribution in [3.8, 4) is 0 Å². The van der Waals surface area contributed by atoms with Crippen LogP contribution in [0, 0.1) is 47.3 Å². The Labute approximate surface area is 612 Å². The van der Waals surface area contributed by atoms with Gasteiger partial charge in [0.25, 0.3) is 10.1 Å². The Balaban J connectivity index is 0.000000134. The Hall–Kier alpha value is -7.98. The van der Waals surface area contributed by atoms with Gasteiger partial charge in [0, 0.05) is 104 Å². The number of imidazole rings is 2. The number of halogens is 9. The molecule has 8 fully saturated rings. The van der Waals surface area contributed by atoms with Gasteiger partial charge in [0.2, 0.25) is 5.91 Å². The van der Waals surface area contributed by atoms with Crippen LogP contribution in [-0.4, -0.2) is 179 Å². The van der Waals surface area contributed by atoms with Gasteiger partial charge in [-0.05, 0) is 202 Å². The number of alkyl halides is 9. The molecule has 3 aromatic carbocycles. The van der Waals surface area contributed by atoms with Gasteiger partial charge in [-0.1, -0.05) is 33.7 Å². The number of likely N-dealkylation sites (tertiary alicyclic amines) is 3. The molecular weight excluding hydrogens is 1440 g/mol. The van der Waals surface area contributed by atoms with Gasteiger partial charge in [-0.15, -0.1) is 0 Å². The number of nitrogens with one attached hydrogen (secondary N) is 2. The topological polar surface area (TPSA) is 272 Å². The highest BCUT2D eigenvalue weighted by atomic mass is 32.2. The van der Waals surface area contributed by atoms with Crippen molar-refractivity contribution in [1.29, 1.82) is 0 Å². The first-order valence-electron chi connectivity index (χ1n) is 36.7. The predicted molar refractivity (Wildman–Crippen MR) is 373 cm³/mol. The number of para-hydroxylation sites is 3. The van der Waals surface area contributed by atoms with E-state index in [1.807, 2.05) is 31.2 Å². The Bertz CT molecular complexity index is 4350. The second-order valence-electron chi connectivity index (χ2n) is 29.6. The van der Waals surface area contributed by atoms with Crippen molar-refractivity contribution in [3.05, 3.63) is 126 Å². The average molecular weight is 1530 g/mol. The number of hydrogen-bond donors (Lipinski definition) is 3. The van der Waals surface area contributed by atoms with Crippen LogP contribution in [-0.2, 0) is 65.0 Å². The van der Waals surface area contributed by atoms with Gasteiger partial charge >= 0.3 is 30.5 Å². The van der Waals surface area contributed by atoms with Gasteiger partial charge in [-0.25, -0.2) is 9.97 Å². The molecule has 3 N–H and O–H groups in total. The number of rotatable bonds is 17. The Morgan fingerprint density at radius 1 is 0.551 bits per heavy atom. The summed E-state index contributed by atoms with van der Waals surface area (Å²) in [4.78, 5) is 49.9. The summed E-state index contributed by atoms with van der Waals surface area (Å²) in [6.07, 6.45) is 11.2. The smallest absolute Gasteiger partial charge is 0.420 e. The van der Waals surface area contributed by atoms with Crippen molar-refractivity contribution in [1.82, 2.24) is 59.9 Å². The molecule has 0 spiro atoms. The number of ether oxygens (including phenoxy) is 1. The number of carbonyl (C=O) groups excluding carboxylic acids is 2. The quantitative estimate of drug-likeness (QED) is 0.0434. The molecule has 1 unspecified atom stereocenters. The molecule has 8 aromatic rings. The molecule has 3 aliphatic carbocycles. The van der Waals surface area contributed by atoms with Crippen LogP contribution in [0.15, 0.2) is 106 Å². The lowest BCUT2D eigenvalue weighted by atomic mass is 9.91. The number of carboxylic acids is 1. The fourth-order valence-corrected chi connectivity index (χ4v) is 16.2. The van der Waals surface area contributed by atoms with Crippen molar-refractivity contribution in [3.63, 3.8) is 0 Å². The van der Waals surface area contributed by atoms with Crippen LogP contribution in [0.4, 0.5) is 39.5 Å². The van der Waals surface area contributed by atoms with Crippen molar-refractivity contribution in [2.45, 2.75) is 133 Å². The molecule has 33 heteroatoms. The van der Waals surface area contributed by atoms with Crippen LogP contribution in [0.3, 0.4) is 0 Å². The summed E-state index contributed by atoms with van der Waals surface area (Å²) in [6, 6.07) is 12.2. The zero-order valence-electron chi connectivity index (χ0n) is 59.6. The second-order valence-corrected chi connectivity index (χ2v) is 31.2. The van der Waals surface area contributed by atoms with Crippen molar-refractivity contribution in [2.75, 3.05) is 98.5 Å². The number of esters is 1. The predicted octanol–water partition coefficient (Wildman–Crippen LogP) is 12.5. The van der Waals surface area contributed by atoms with Gasteiger partial charge in [0.05, 0.1) is 61.5 Å². The van der Waals surface area contributed by atoms with E-state index in [-0.39, 0.29) is 76.7 Å². The summed E-state index contributed by atoms with van der Waals surface area (Å²) in [5.41, 5.74) is -0.941. The maximum Gasteiger partial charge on any atom is 0.420 e. The third kappa shape index (κ3) is 20.7. The van der Waals surface area contributed by atoms with E-state index >= 15 is 0 Å². The zero-order chi connectivity index (χ0) is 75.8. The molecule has 1 amide bonds. The third-order valence-electron chi connectivity index (χ3n) is 21.8. The number of nitrogens with zero attached hydrogens (tertiary/aromatic N) is 10. The molecule has 10 heterocycles. The number of benzene rings is 3. The SMILES string of the molecule is COC(=O)C1C[C@H]1COS(C)(=O)=O.FC(F)(F)c1cccc2c(C3CCNCC3)noc12.O=C(O)[C@@H]1C[C@H]1CN1CCC(c2noc3c(C(F)(F)F)cccc23)CC1.O=C([C@@H]1C[C@H]1CN1CCC(c2noc3c(C(F)(F)F)cccc23)CC1)N1CCC[C@@H](Cn2ccnc2)C1.c1cn(C[C@@H]2CCCNC2)cn1. The number of carboxylic acid groups (broad SMARTS) is 1. The lowest BCUT2D eigenvalue weighted by Gasteiger charge is -2.33. The minimum Gasteiger partial charge on any atom is -0.481 e. The highest BCUT2D eigenvalue weighted by Crippen LogP contribution is 2.46. The van der Waals surface area contributed by atoms with Crippen LogP contribution in [0.2, 0.25) is 0 Å². The Morgan fingerprint density at radius 3 is 1.42 bits per heavy atom. The van der Waals surface area contributed by atoms with E-state index in [0.29, 0.717) is 57.4 Å². The Morgan fingerprint density at radius 2 is 1.00 bits per heavy atom. The molecule has 0 radical (unpaired) electrons. The molecule has 8 aliphatic rings. The van der Waals surface area contributed by atoms with E-state index in [9.17, 15) is 62.3 Å². The third-order valence-corrected chi connectivity index (χ3v) is 22.4. The minimum atomic E-state index is -4.47. The highest BCUT2D eigenvalue weighted by molar-refractivity contribution is 7.86. The molecule has 5 aromatic heterocycles. The summed E-state index contributed by atoms with van der Waals surface area (Å²) < 4.78 is 168. The summed E-state index contributed by atoms with van der Waals surface area (Å²) in [6.45, 7) is 12.8. The molecule has 107 heavy (non-hydrogen) atoms. The fraction of sp³-hybridized carbons (Fsp3) is 0.595. The van der Waals surface area contributed by atoms with E-state index in [2.05, 4.69) is 68.8 Å². The molecule has 23 nitrogen and oxygen atoms in total. The largest absolute Gasteiger partial charge is 0.481 e. The van der Waals surface area contributed by atoms with Crippen LogP contribution >= 0.6 is 0 Å². The number of fused-ring (bicyclic) bond motifs is 3. The van der Waals surface area contributed by atoms with E-state index in [4.69, 9.17) is 18.7 Å². The zero-order valence-corrected chi connectivity index (χ0v) is 60.4. The number of hydrogen-bond acceptors (Lipinski definition) is 19. The van der Waals surface area contributed by atoms with Crippen LogP contribution < -0.4 is 10.6 Å². The average Bonchev–Trinajstić information content (AvgIpc) is 1.15. The van der Waals surface area contributed by atoms with Gasteiger partial charge in [-0.3, -0.25) is 18.6 Å². The summed E-state index contributed by atoms with van der Waals surface area (Å²) >= 11 is 0. The molecule has 16 rings (SSSR count). The lowest BCUT2D eigenvalue weighted by molar-refractivity contribution is -0.143. The van der Waals surface area contributed by atoms with Crippen molar-refractivity contribution >= 4 is 60.9 Å². The normalized spacial score (nSPS) is 24.1. The van der Waals surface area contributed by atoms with Crippen molar-refractivity contribution in [2.24, 2.45) is 47.3 Å². The fourth-order valence-electron chi connectivity index (χ4n) is 15.7. The number of carbonyl (C=O) groups is 3. The summed E-state index contributed by atoms with van der Waals surface area (Å²) in [5.74, 6) is 1.26. The molecule has 5 saturated heterocycles. The molecular formula is C74H91F9N12O11S. The molecule has 5 aliphatic heterocycles. The molecule has 0 bridgehead atoms. The Kier molecular flexibility index (Phi) is 25.2. The van der Waals surface area contributed by atoms with E-state index in [1.165, 1.54) is 44.7 Å². The second kappa shape index (κ2) is 34.3. The van der Waals surface area contributed by atoms with Crippen LogP contribution in [0.5, 0.6) is 0 Å². The summed E-state index contributed by atoms with van der Waals surface area (Å²) in [7, 11) is -2.07. The van der Waals surface area contributed by atoms with Gasteiger partial charge in [-0.2, -0.15) is 47.9 Å². The van der Waals surface area contributed by atoms with Gasteiger partial charge in [0.15, 0.2) is 16.7 Å². The van der Waals surface area contributed by atoms with Crippen LogP contribution in [0.1, 0.15) is 135 Å². The molecule has 582 valence electrons. The first kappa shape index (κ1) is 78.6. The van der Waals surface area contributed by atoms with Crippen molar-refractivity contribution < 1.29 is 89.9 Å². The number of aromatic nitrogens is 7. The van der Waals surface area contributed by atoms with Gasteiger partial charge in [0.1, 0.15) is 16.7 Å². The first-order chi connectivity index (χ1) is 51.2. The minimum absolute atomic E-state index is 0.00201. The van der Waals surface area contributed by atoms with Crippen LogP contribution in [0.25, 0.3) is 32.9 Å². The number of amides is 1. The summed E-state index contributed by atoms with van der Waals surface area (Å²) in [5, 5.41) is 28.9. The maximum absolute atomic E-state index is 13.3. The highest BCUT2D eigenvalue weighted by Gasteiger charge is 2.48. The molecule has 8 atom stereocenters.